The molecule has 1 aliphatic rings. The van der Waals surface area contributed by atoms with Gasteiger partial charge in [0.15, 0.2) is 11.6 Å². The second-order valence-electron chi connectivity index (χ2n) is 5.06. The lowest BCUT2D eigenvalue weighted by Crippen LogP contribution is -2.32. The molecule has 0 atom stereocenters. The highest BCUT2D eigenvalue weighted by Crippen LogP contribution is 2.31. The number of nitriles is 1. The van der Waals surface area contributed by atoms with E-state index < -0.39 is 11.6 Å². The van der Waals surface area contributed by atoms with Crippen LogP contribution >= 0.6 is 0 Å². The summed E-state index contributed by atoms with van der Waals surface area (Å²) in [6.45, 7) is 0.890. The average Bonchev–Trinajstić information content (AvgIpc) is 2.46. The Morgan fingerprint density at radius 3 is 2.57 bits per heavy atom. The number of fused-ring (bicyclic) bond motifs is 1. The fraction of sp³-hybridized carbons (Fsp3) is 0.188. The summed E-state index contributed by atoms with van der Waals surface area (Å²) < 4.78 is 28.2. The van der Waals surface area contributed by atoms with Crippen molar-refractivity contribution in [1.82, 2.24) is 0 Å². The molecule has 21 heavy (non-hydrogen) atoms. The molecule has 3 rings (SSSR count). The number of nitrogen functional groups attached to an aromatic ring is 1. The molecule has 2 aromatic carbocycles. The normalized spacial score (nSPS) is 13.7. The molecule has 3 nitrogen and oxygen atoms in total. The van der Waals surface area contributed by atoms with Crippen molar-refractivity contribution < 1.29 is 8.78 Å². The maximum Gasteiger partial charge on any atom is 0.150 e. The molecule has 0 spiro atoms. The molecule has 0 aromatic heterocycles. The molecule has 1 heterocycles. The first-order valence-electron chi connectivity index (χ1n) is 6.60. The van der Waals surface area contributed by atoms with Crippen molar-refractivity contribution in [2.75, 3.05) is 17.2 Å². The number of anilines is 2. The minimum atomic E-state index is -0.709. The van der Waals surface area contributed by atoms with E-state index in [0.717, 1.165) is 23.3 Å². The second-order valence-corrected chi connectivity index (χ2v) is 5.06. The van der Waals surface area contributed by atoms with Crippen LogP contribution in [0.2, 0.25) is 0 Å². The SMILES string of the molecule is N#Cc1cc(F)c(N2CCc3c(N)cccc3C2)c(F)c1. The molecule has 106 valence electrons. The summed E-state index contributed by atoms with van der Waals surface area (Å²) in [5.41, 5.74) is 8.56. The van der Waals surface area contributed by atoms with Crippen LogP contribution in [0.1, 0.15) is 16.7 Å². The predicted octanol–water partition coefficient (Wildman–Crippen LogP) is 2.98. The zero-order valence-corrected chi connectivity index (χ0v) is 11.2. The minimum absolute atomic E-state index is 0.0181. The van der Waals surface area contributed by atoms with Crippen molar-refractivity contribution in [2.24, 2.45) is 0 Å². The highest BCUT2D eigenvalue weighted by molar-refractivity contribution is 5.58. The number of hydrogen-bond donors (Lipinski definition) is 1. The quantitative estimate of drug-likeness (QED) is 0.819. The Balaban J connectivity index is 1.99. The van der Waals surface area contributed by atoms with Crippen LogP contribution in [0.4, 0.5) is 20.2 Å². The third-order valence-electron chi connectivity index (χ3n) is 3.76. The molecule has 1 aliphatic heterocycles. The number of nitrogens with zero attached hydrogens (tertiary/aromatic N) is 2. The molecule has 0 saturated carbocycles. The second kappa shape index (κ2) is 5.06. The van der Waals surface area contributed by atoms with E-state index in [9.17, 15) is 8.78 Å². The van der Waals surface area contributed by atoms with Crippen LogP contribution in [0.25, 0.3) is 0 Å². The third-order valence-corrected chi connectivity index (χ3v) is 3.76. The molecule has 5 heteroatoms. The number of halogens is 2. The van der Waals surface area contributed by atoms with Gasteiger partial charge in [-0.2, -0.15) is 5.26 Å². The van der Waals surface area contributed by atoms with Crippen LogP contribution in [-0.4, -0.2) is 6.54 Å². The van der Waals surface area contributed by atoms with Gasteiger partial charge >= 0.3 is 0 Å². The molecular weight excluding hydrogens is 272 g/mol. The van der Waals surface area contributed by atoms with Crippen LogP contribution in [0, 0.1) is 23.0 Å². The Bertz CT molecular complexity index is 727. The highest BCUT2D eigenvalue weighted by Gasteiger charge is 2.23. The first kappa shape index (κ1) is 13.4. The van der Waals surface area contributed by atoms with Gasteiger partial charge in [0, 0.05) is 18.8 Å². The van der Waals surface area contributed by atoms with E-state index in [2.05, 4.69) is 0 Å². The Morgan fingerprint density at radius 1 is 1.19 bits per heavy atom. The monoisotopic (exact) mass is 285 g/mol. The van der Waals surface area contributed by atoms with E-state index in [0.29, 0.717) is 25.2 Å². The smallest absolute Gasteiger partial charge is 0.150 e. The van der Waals surface area contributed by atoms with Gasteiger partial charge in [-0.05, 0) is 35.7 Å². The van der Waals surface area contributed by atoms with Gasteiger partial charge in [-0.3, -0.25) is 0 Å². The van der Waals surface area contributed by atoms with E-state index in [-0.39, 0.29) is 11.3 Å². The van der Waals surface area contributed by atoms with Gasteiger partial charge in [-0.25, -0.2) is 8.78 Å². The lowest BCUT2D eigenvalue weighted by atomic mass is 9.97. The van der Waals surface area contributed by atoms with Crippen LogP contribution < -0.4 is 10.6 Å². The van der Waals surface area contributed by atoms with Gasteiger partial charge in [0.05, 0.1) is 11.6 Å². The fourth-order valence-corrected chi connectivity index (χ4v) is 2.76. The molecule has 0 fully saturated rings. The van der Waals surface area contributed by atoms with Crippen LogP contribution in [0.3, 0.4) is 0 Å². The van der Waals surface area contributed by atoms with Crippen LogP contribution in [0.5, 0.6) is 0 Å². The number of nitrogens with two attached hydrogens (primary N) is 1. The molecule has 0 aliphatic carbocycles. The predicted molar refractivity (Wildman–Crippen MR) is 76.7 cm³/mol. The molecule has 0 radical (unpaired) electrons. The van der Waals surface area contributed by atoms with Gasteiger partial charge in [-0.15, -0.1) is 0 Å². The first-order valence-corrected chi connectivity index (χ1v) is 6.60. The number of hydrogen-bond acceptors (Lipinski definition) is 3. The summed E-state index contributed by atoms with van der Waals surface area (Å²) in [6.07, 6.45) is 0.640. The summed E-state index contributed by atoms with van der Waals surface area (Å²) in [4.78, 5) is 1.65. The van der Waals surface area contributed by atoms with Crippen molar-refractivity contribution in [2.45, 2.75) is 13.0 Å². The highest BCUT2D eigenvalue weighted by atomic mass is 19.1. The molecule has 0 unspecified atom stereocenters. The van der Waals surface area contributed by atoms with Gasteiger partial charge in [-0.1, -0.05) is 12.1 Å². The van der Waals surface area contributed by atoms with E-state index in [1.807, 2.05) is 18.2 Å². The summed E-state index contributed by atoms with van der Waals surface area (Å²) >= 11 is 0. The summed E-state index contributed by atoms with van der Waals surface area (Å²) in [7, 11) is 0. The van der Waals surface area contributed by atoms with Crippen molar-refractivity contribution in [3.8, 4) is 6.07 Å². The molecular formula is C16H13F2N3. The van der Waals surface area contributed by atoms with Crippen LogP contribution in [-0.2, 0) is 13.0 Å². The van der Waals surface area contributed by atoms with Gasteiger partial charge < -0.3 is 10.6 Å². The number of rotatable bonds is 1. The van der Waals surface area contributed by atoms with Gasteiger partial charge in [0.2, 0.25) is 0 Å². The summed E-state index contributed by atoms with van der Waals surface area (Å²) in [5.74, 6) is -1.42. The molecule has 0 saturated heterocycles. The maximum absolute atomic E-state index is 14.1. The molecule has 0 amide bonds. The van der Waals surface area contributed by atoms with Gasteiger partial charge in [0.1, 0.15) is 5.69 Å². The standard InChI is InChI=1S/C16H13F2N3/c17-13-6-10(8-19)7-14(18)16(13)21-5-4-12-11(9-21)2-1-3-15(12)20/h1-3,6-7H,4-5,9,20H2. The molecule has 2 aromatic rings. The fourth-order valence-electron chi connectivity index (χ4n) is 2.76. The van der Waals surface area contributed by atoms with Gasteiger partial charge in [0.25, 0.3) is 0 Å². The Morgan fingerprint density at radius 2 is 1.90 bits per heavy atom. The van der Waals surface area contributed by atoms with Crippen molar-refractivity contribution in [3.63, 3.8) is 0 Å². The molecule has 0 bridgehead atoms. The third kappa shape index (κ3) is 2.29. The summed E-state index contributed by atoms with van der Waals surface area (Å²) in [6, 6.07) is 9.45. The Kier molecular flexibility index (Phi) is 3.22. The Labute approximate surface area is 121 Å². The minimum Gasteiger partial charge on any atom is -0.398 e. The van der Waals surface area contributed by atoms with E-state index >= 15 is 0 Å². The topological polar surface area (TPSA) is 53.0 Å². The first-order chi connectivity index (χ1) is 10.1. The zero-order valence-electron chi connectivity index (χ0n) is 11.2. The summed E-state index contributed by atoms with van der Waals surface area (Å²) in [5, 5.41) is 8.74. The Hall–Kier alpha value is -2.61. The van der Waals surface area contributed by atoms with E-state index in [1.165, 1.54) is 0 Å². The largest absolute Gasteiger partial charge is 0.398 e. The zero-order chi connectivity index (χ0) is 15.0. The lowest BCUT2D eigenvalue weighted by Gasteiger charge is -2.31. The van der Waals surface area contributed by atoms with Crippen molar-refractivity contribution in [1.29, 1.82) is 5.26 Å². The maximum atomic E-state index is 14.1. The molecule has 2 N–H and O–H groups in total. The van der Waals surface area contributed by atoms with E-state index in [4.69, 9.17) is 11.0 Å². The lowest BCUT2D eigenvalue weighted by molar-refractivity contribution is 0.564. The number of benzene rings is 2. The van der Waals surface area contributed by atoms with Crippen molar-refractivity contribution in [3.05, 3.63) is 58.7 Å². The average molecular weight is 285 g/mol. The van der Waals surface area contributed by atoms with Crippen LogP contribution in [0.15, 0.2) is 30.3 Å². The van der Waals surface area contributed by atoms with Crippen molar-refractivity contribution >= 4 is 11.4 Å². The van der Waals surface area contributed by atoms with E-state index in [1.54, 1.807) is 11.0 Å².